The van der Waals surface area contributed by atoms with Gasteiger partial charge in [0.05, 0.1) is 0 Å². The third kappa shape index (κ3) is 2.84. The number of amides is 1. The van der Waals surface area contributed by atoms with Gasteiger partial charge in [-0.25, -0.2) is 0 Å². The second kappa shape index (κ2) is 5.89. The van der Waals surface area contributed by atoms with Crippen LogP contribution in [0.25, 0.3) is 0 Å². The minimum Gasteiger partial charge on any atom is -0.374 e. The van der Waals surface area contributed by atoms with E-state index in [4.69, 9.17) is 0 Å². The SMILES string of the molecule is CCCCCNC(=O)c1ccc2c(c1)CCN2C. The van der Waals surface area contributed by atoms with Crippen molar-refractivity contribution < 1.29 is 4.79 Å². The van der Waals surface area contributed by atoms with E-state index in [0.29, 0.717) is 0 Å². The zero-order chi connectivity index (χ0) is 13.0. The fourth-order valence-corrected chi connectivity index (χ4v) is 2.39. The number of unbranched alkanes of at least 4 members (excludes halogenated alkanes) is 2. The van der Waals surface area contributed by atoms with Gasteiger partial charge in [-0.05, 0) is 36.6 Å². The number of carbonyl (C=O) groups excluding carboxylic acids is 1. The molecular formula is C15H22N2O. The van der Waals surface area contributed by atoms with Crippen LogP contribution in [0.3, 0.4) is 0 Å². The van der Waals surface area contributed by atoms with Crippen LogP contribution in [0.2, 0.25) is 0 Å². The van der Waals surface area contributed by atoms with Gasteiger partial charge in [0.2, 0.25) is 0 Å². The summed E-state index contributed by atoms with van der Waals surface area (Å²) < 4.78 is 0. The lowest BCUT2D eigenvalue weighted by atomic mass is 10.1. The molecule has 1 N–H and O–H groups in total. The molecule has 1 heterocycles. The molecule has 0 radical (unpaired) electrons. The quantitative estimate of drug-likeness (QED) is 0.810. The van der Waals surface area contributed by atoms with Gasteiger partial charge in [0.1, 0.15) is 0 Å². The van der Waals surface area contributed by atoms with Crippen molar-refractivity contribution in [3.8, 4) is 0 Å². The topological polar surface area (TPSA) is 32.3 Å². The van der Waals surface area contributed by atoms with E-state index in [1.807, 2.05) is 12.1 Å². The highest BCUT2D eigenvalue weighted by molar-refractivity contribution is 5.95. The molecule has 2 rings (SSSR count). The first-order valence-corrected chi connectivity index (χ1v) is 6.84. The fraction of sp³-hybridized carbons (Fsp3) is 0.533. The van der Waals surface area contributed by atoms with Gasteiger partial charge in [0.25, 0.3) is 5.91 Å². The highest BCUT2D eigenvalue weighted by Gasteiger charge is 2.17. The third-order valence-electron chi connectivity index (χ3n) is 3.54. The number of hydrogen-bond donors (Lipinski definition) is 1. The lowest BCUT2D eigenvalue weighted by Crippen LogP contribution is -2.24. The average Bonchev–Trinajstić information content (AvgIpc) is 2.76. The molecular weight excluding hydrogens is 224 g/mol. The maximum Gasteiger partial charge on any atom is 0.251 e. The molecule has 0 spiro atoms. The molecule has 1 aromatic carbocycles. The van der Waals surface area contributed by atoms with Crippen molar-refractivity contribution in [2.24, 2.45) is 0 Å². The van der Waals surface area contributed by atoms with E-state index in [1.165, 1.54) is 24.1 Å². The normalized spacial score (nSPS) is 13.6. The Morgan fingerprint density at radius 3 is 3.00 bits per heavy atom. The summed E-state index contributed by atoms with van der Waals surface area (Å²) in [4.78, 5) is 14.2. The molecule has 1 aliphatic heterocycles. The predicted molar refractivity (Wildman–Crippen MR) is 75.3 cm³/mol. The standard InChI is InChI=1S/C15H22N2O/c1-3-4-5-9-16-15(18)13-6-7-14-12(11-13)8-10-17(14)2/h6-7,11H,3-5,8-10H2,1-2H3,(H,16,18). The lowest BCUT2D eigenvalue weighted by Gasteiger charge is -2.12. The van der Waals surface area contributed by atoms with E-state index < -0.39 is 0 Å². The molecule has 0 saturated heterocycles. The van der Waals surface area contributed by atoms with E-state index in [0.717, 1.165) is 31.5 Å². The van der Waals surface area contributed by atoms with Gasteiger partial charge in [-0.15, -0.1) is 0 Å². The molecule has 1 aliphatic rings. The smallest absolute Gasteiger partial charge is 0.251 e. The molecule has 0 unspecified atom stereocenters. The van der Waals surface area contributed by atoms with Gasteiger partial charge in [-0.3, -0.25) is 4.79 Å². The highest BCUT2D eigenvalue weighted by atomic mass is 16.1. The van der Waals surface area contributed by atoms with E-state index in [2.05, 4.69) is 30.3 Å². The molecule has 1 aromatic rings. The molecule has 18 heavy (non-hydrogen) atoms. The Labute approximate surface area is 109 Å². The van der Waals surface area contributed by atoms with Crippen LogP contribution in [0, 0.1) is 0 Å². The molecule has 0 atom stereocenters. The predicted octanol–water partition coefficient (Wildman–Crippen LogP) is 2.60. The summed E-state index contributed by atoms with van der Waals surface area (Å²) in [6.07, 6.45) is 4.47. The lowest BCUT2D eigenvalue weighted by molar-refractivity contribution is 0.0953. The molecule has 3 heteroatoms. The number of nitrogens with zero attached hydrogens (tertiary/aromatic N) is 1. The number of anilines is 1. The zero-order valence-electron chi connectivity index (χ0n) is 11.3. The Balaban J connectivity index is 1.95. The zero-order valence-corrected chi connectivity index (χ0v) is 11.3. The molecule has 3 nitrogen and oxygen atoms in total. The minimum atomic E-state index is 0.0588. The van der Waals surface area contributed by atoms with Crippen molar-refractivity contribution in [2.45, 2.75) is 32.6 Å². The van der Waals surface area contributed by atoms with Gasteiger partial charge in [-0.2, -0.15) is 0 Å². The van der Waals surface area contributed by atoms with Crippen molar-refractivity contribution >= 4 is 11.6 Å². The summed E-state index contributed by atoms with van der Waals surface area (Å²) >= 11 is 0. The second-order valence-electron chi connectivity index (χ2n) is 4.98. The number of rotatable bonds is 5. The molecule has 0 aliphatic carbocycles. The van der Waals surface area contributed by atoms with Gasteiger partial charge in [0.15, 0.2) is 0 Å². The van der Waals surface area contributed by atoms with E-state index >= 15 is 0 Å². The van der Waals surface area contributed by atoms with Crippen LogP contribution < -0.4 is 10.2 Å². The molecule has 0 aromatic heterocycles. The van der Waals surface area contributed by atoms with Crippen LogP contribution in [-0.4, -0.2) is 26.0 Å². The first-order chi connectivity index (χ1) is 8.72. The Morgan fingerprint density at radius 1 is 1.39 bits per heavy atom. The maximum atomic E-state index is 12.0. The van der Waals surface area contributed by atoms with Crippen LogP contribution >= 0.6 is 0 Å². The van der Waals surface area contributed by atoms with Crippen molar-refractivity contribution in [1.82, 2.24) is 5.32 Å². The average molecular weight is 246 g/mol. The van der Waals surface area contributed by atoms with Crippen LogP contribution in [0.4, 0.5) is 5.69 Å². The minimum absolute atomic E-state index is 0.0588. The monoisotopic (exact) mass is 246 g/mol. The van der Waals surface area contributed by atoms with E-state index in [1.54, 1.807) is 0 Å². The maximum absolute atomic E-state index is 12.0. The second-order valence-corrected chi connectivity index (χ2v) is 4.98. The molecule has 98 valence electrons. The van der Waals surface area contributed by atoms with Gasteiger partial charge >= 0.3 is 0 Å². The van der Waals surface area contributed by atoms with Crippen molar-refractivity contribution in [2.75, 3.05) is 25.0 Å². The van der Waals surface area contributed by atoms with Crippen molar-refractivity contribution in [3.05, 3.63) is 29.3 Å². The fourth-order valence-electron chi connectivity index (χ4n) is 2.39. The number of likely N-dealkylation sites (N-methyl/N-ethyl adjacent to an activating group) is 1. The van der Waals surface area contributed by atoms with E-state index in [9.17, 15) is 4.79 Å². The molecule has 1 amide bonds. The van der Waals surface area contributed by atoms with Crippen LogP contribution in [0.15, 0.2) is 18.2 Å². The molecule has 0 bridgehead atoms. The largest absolute Gasteiger partial charge is 0.374 e. The number of benzene rings is 1. The molecule has 0 fully saturated rings. The number of hydrogen-bond acceptors (Lipinski definition) is 2. The summed E-state index contributed by atoms with van der Waals surface area (Å²) in [7, 11) is 2.09. The first-order valence-electron chi connectivity index (χ1n) is 6.84. The molecule has 0 saturated carbocycles. The van der Waals surface area contributed by atoms with Crippen molar-refractivity contribution in [3.63, 3.8) is 0 Å². The number of fused-ring (bicyclic) bond motifs is 1. The number of carbonyl (C=O) groups is 1. The number of nitrogens with one attached hydrogen (secondary N) is 1. The van der Waals surface area contributed by atoms with Gasteiger partial charge in [0, 0.05) is 31.4 Å². The summed E-state index contributed by atoms with van der Waals surface area (Å²) in [6, 6.07) is 6.02. The van der Waals surface area contributed by atoms with Gasteiger partial charge in [-0.1, -0.05) is 19.8 Å². The Morgan fingerprint density at radius 2 is 2.22 bits per heavy atom. The summed E-state index contributed by atoms with van der Waals surface area (Å²) in [6.45, 7) is 4.00. The summed E-state index contributed by atoms with van der Waals surface area (Å²) in [5.41, 5.74) is 3.34. The first kappa shape index (κ1) is 12.9. The van der Waals surface area contributed by atoms with Crippen LogP contribution in [0.5, 0.6) is 0 Å². The summed E-state index contributed by atoms with van der Waals surface area (Å²) in [5.74, 6) is 0.0588. The van der Waals surface area contributed by atoms with Gasteiger partial charge < -0.3 is 10.2 Å². The van der Waals surface area contributed by atoms with Crippen LogP contribution in [-0.2, 0) is 6.42 Å². The van der Waals surface area contributed by atoms with E-state index in [-0.39, 0.29) is 5.91 Å². The Bertz CT molecular complexity index is 429. The summed E-state index contributed by atoms with van der Waals surface area (Å²) in [5, 5.41) is 2.98. The van der Waals surface area contributed by atoms with Crippen LogP contribution in [0.1, 0.15) is 42.1 Å². The Kier molecular flexibility index (Phi) is 4.24. The highest BCUT2D eigenvalue weighted by Crippen LogP contribution is 2.27. The van der Waals surface area contributed by atoms with Crippen molar-refractivity contribution in [1.29, 1.82) is 0 Å². The Hall–Kier alpha value is -1.51. The third-order valence-corrected chi connectivity index (χ3v) is 3.54.